The van der Waals surface area contributed by atoms with Crippen LogP contribution in [0, 0.1) is 0 Å². The fourth-order valence-corrected chi connectivity index (χ4v) is 3.30. The molecule has 2 aromatic carbocycles. The molecule has 0 spiro atoms. The summed E-state index contributed by atoms with van der Waals surface area (Å²) < 4.78 is 11.8. The van der Waals surface area contributed by atoms with Crippen LogP contribution in [0.4, 0.5) is 5.69 Å². The largest absolute Gasteiger partial charge is 0.454 e. The Kier molecular flexibility index (Phi) is 6.23. The second kappa shape index (κ2) is 8.66. The lowest BCUT2D eigenvalue weighted by atomic mass is 9.96. The SMILES string of the molecule is CC(=O)OC(Oc1cccc2c1CC(=O)N2)C(CNC(C)(C)C)c1ccccc1. The molecule has 2 aromatic rings. The van der Waals surface area contributed by atoms with Gasteiger partial charge in [-0.2, -0.15) is 0 Å². The number of carbonyl (C=O) groups excluding carboxylic acids is 2. The van der Waals surface area contributed by atoms with Gasteiger partial charge in [0.05, 0.1) is 12.3 Å². The zero-order valence-corrected chi connectivity index (χ0v) is 17.3. The van der Waals surface area contributed by atoms with Crippen molar-refractivity contribution in [1.29, 1.82) is 0 Å². The number of esters is 1. The molecule has 0 fully saturated rings. The average molecular weight is 396 g/mol. The highest BCUT2D eigenvalue weighted by Crippen LogP contribution is 2.34. The van der Waals surface area contributed by atoms with E-state index in [2.05, 4.69) is 31.4 Å². The van der Waals surface area contributed by atoms with E-state index in [1.807, 2.05) is 42.5 Å². The molecule has 29 heavy (non-hydrogen) atoms. The van der Waals surface area contributed by atoms with Crippen molar-refractivity contribution < 1.29 is 19.1 Å². The number of anilines is 1. The lowest BCUT2D eigenvalue weighted by molar-refractivity contribution is -0.164. The minimum atomic E-state index is -0.841. The van der Waals surface area contributed by atoms with Gasteiger partial charge in [-0.25, -0.2) is 0 Å². The molecule has 1 amide bonds. The number of nitrogens with one attached hydrogen (secondary N) is 2. The summed E-state index contributed by atoms with van der Waals surface area (Å²) >= 11 is 0. The van der Waals surface area contributed by atoms with Crippen LogP contribution in [0.3, 0.4) is 0 Å². The summed E-state index contributed by atoms with van der Waals surface area (Å²) in [4.78, 5) is 23.7. The van der Waals surface area contributed by atoms with E-state index in [9.17, 15) is 9.59 Å². The summed E-state index contributed by atoms with van der Waals surface area (Å²) in [5.41, 5.74) is 2.40. The Bertz CT molecular complexity index is 874. The monoisotopic (exact) mass is 396 g/mol. The highest BCUT2D eigenvalue weighted by Gasteiger charge is 2.31. The summed E-state index contributed by atoms with van der Waals surface area (Å²) in [5.74, 6) is -0.188. The zero-order chi connectivity index (χ0) is 21.0. The van der Waals surface area contributed by atoms with Gasteiger partial charge in [0.15, 0.2) is 0 Å². The van der Waals surface area contributed by atoms with Gasteiger partial charge in [0.2, 0.25) is 5.91 Å². The van der Waals surface area contributed by atoms with Crippen LogP contribution in [-0.2, 0) is 20.7 Å². The smallest absolute Gasteiger partial charge is 0.305 e. The molecule has 0 aliphatic carbocycles. The highest BCUT2D eigenvalue weighted by atomic mass is 16.7. The molecule has 6 nitrogen and oxygen atoms in total. The number of fused-ring (bicyclic) bond motifs is 1. The van der Waals surface area contributed by atoms with Crippen molar-refractivity contribution in [2.24, 2.45) is 0 Å². The number of hydrogen-bond acceptors (Lipinski definition) is 5. The first-order chi connectivity index (χ1) is 13.7. The van der Waals surface area contributed by atoms with E-state index in [1.54, 1.807) is 6.07 Å². The molecular formula is C23H28N2O4. The van der Waals surface area contributed by atoms with Gasteiger partial charge in [-0.05, 0) is 38.5 Å². The van der Waals surface area contributed by atoms with Gasteiger partial charge in [-0.1, -0.05) is 36.4 Å². The van der Waals surface area contributed by atoms with E-state index >= 15 is 0 Å². The predicted molar refractivity (Wildman–Crippen MR) is 112 cm³/mol. The third-order valence-electron chi connectivity index (χ3n) is 4.68. The lowest BCUT2D eigenvalue weighted by Crippen LogP contribution is -2.43. The van der Waals surface area contributed by atoms with Crippen molar-refractivity contribution >= 4 is 17.6 Å². The van der Waals surface area contributed by atoms with Crippen molar-refractivity contribution in [3.63, 3.8) is 0 Å². The molecule has 1 aliphatic heterocycles. The van der Waals surface area contributed by atoms with Crippen LogP contribution in [0.2, 0.25) is 0 Å². The molecule has 0 bridgehead atoms. The molecule has 6 heteroatoms. The molecular weight excluding hydrogens is 368 g/mol. The number of hydrogen-bond donors (Lipinski definition) is 2. The van der Waals surface area contributed by atoms with E-state index in [4.69, 9.17) is 9.47 Å². The average Bonchev–Trinajstić information content (AvgIpc) is 3.02. The Morgan fingerprint density at radius 2 is 1.86 bits per heavy atom. The lowest BCUT2D eigenvalue weighted by Gasteiger charge is -2.31. The van der Waals surface area contributed by atoms with Crippen LogP contribution in [0.5, 0.6) is 5.75 Å². The van der Waals surface area contributed by atoms with Crippen LogP contribution >= 0.6 is 0 Å². The summed E-state index contributed by atoms with van der Waals surface area (Å²) in [7, 11) is 0. The summed E-state index contributed by atoms with van der Waals surface area (Å²) in [6, 6.07) is 15.3. The fourth-order valence-electron chi connectivity index (χ4n) is 3.30. The molecule has 3 rings (SSSR count). The molecule has 2 N–H and O–H groups in total. The summed E-state index contributed by atoms with van der Waals surface area (Å²) in [6.07, 6.45) is -0.596. The van der Waals surface area contributed by atoms with Crippen molar-refractivity contribution in [3.8, 4) is 5.75 Å². The van der Waals surface area contributed by atoms with Gasteiger partial charge < -0.3 is 20.1 Å². The molecule has 2 atom stereocenters. The van der Waals surface area contributed by atoms with E-state index in [-0.39, 0.29) is 23.8 Å². The summed E-state index contributed by atoms with van der Waals surface area (Å²) in [6.45, 7) is 8.17. The Hall–Kier alpha value is -2.86. The third-order valence-corrected chi connectivity index (χ3v) is 4.68. The van der Waals surface area contributed by atoms with Crippen LogP contribution in [0.15, 0.2) is 48.5 Å². The fraction of sp³-hybridized carbons (Fsp3) is 0.391. The van der Waals surface area contributed by atoms with E-state index in [0.29, 0.717) is 12.3 Å². The number of benzene rings is 2. The first-order valence-electron chi connectivity index (χ1n) is 9.78. The molecule has 154 valence electrons. The van der Waals surface area contributed by atoms with Gasteiger partial charge in [0.25, 0.3) is 6.29 Å². The maximum absolute atomic E-state index is 11.9. The second-order valence-corrected chi connectivity index (χ2v) is 8.25. The molecule has 0 saturated carbocycles. The van der Waals surface area contributed by atoms with Gasteiger partial charge in [-0.3, -0.25) is 9.59 Å². The van der Waals surface area contributed by atoms with Gasteiger partial charge >= 0.3 is 5.97 Å². The molecule has 1 aliphatic rings. The standard InChI is InChI=1S/C23H28N2O4/c1-15(26)28-22(29-20-12-8-11-19-17(20)13-21(27)25-19)18(14-24-23(2,3)4)16-9-6-5-7-10-16/h5-12,18,22,24H,13-14H2,1-4H3,(H,25,27). The van der Waals surface area contributed by atoms with Crippen LogP contribution in [0.25, 0.3) is 0 Å². The maximum Gasteiger partial charge on any atom is 0.305 e. The number of ether oxygens (including phenoxy) is 2. The number of carbonyl (C=O) groups is 2. The van der Waals surface area contributed by atoms with Gasteiger partial charge in [0.1, 0.15) is 5.75 Å². The van der Waals surface area contributed by atoms with Crippen molar-refractivity contribution in [2.75, 3.05) is 11.9 Å². The minimum Gasteiger partial charge on any atom is -0.454 e. The molecule has 2 unspecified atom stereocenters. The Labute approximate surface area is 171 Å². The first-order valence-corrected chi connectivity index (χ1v) is 9.78. The molecule has 0 aromatic heterocycles. The Morgan fingerprint density at radius 3 is 2.52 bits per heavy atom. The zero-order valence-electron chi connectivity index (χ0n) is 17.3. The van der Waals surface area contributed by atoms with E-state index < -0.39 is 12.3 Å². The van der Waals surface area contributed by atoms with Crippen molar-refractivity contribution in [1.82, 2.24) is 5.32 Å². The second-order valence-electron chi connectivity index (χ2n) is 8.25. The van der Waals surface area contributed by atoms with Crippen LogP contribution in [-0.4, -0.2) is 30.3 Å². The quantitative estimate of drug-likeness (QED) is 0.552. The summed E-state index contributed by atoms with van der Waals surface area (Å²) in [5, 5.41) is 6.30. The molecule has 0 radical (unpaired) electrons. The molecule has 1 heterocycles. The topological polar surface area (TPSA) is 76.7 Å². The van der Waals surface area contributed by atoms with E-state index in [1.165, 1.54) is 6.92 Å². The van der Waals surface area contributed by atoms with Crippen LogP contribution < -0.4 is 15.4 Å². The third kappa shape index (κ3) is 5.57. The van der Waals surface area contributed by atoms with Crippen LogP contribution in [0.1, 0.15) is 44.7 Å². The van der Waals surface area contributed by atoms with Gasteiger partial charge in [0, 0.05) is 30.3 Å². The van der Waals surface area contributed by atoms with Crippen molar-refractivity contribution in [3.05, 3.63) is 59.7 Å². The highest BCUT2D eigenvalue weighted by molar-refractivity contribution is 6.00. The number of amides is 1. The minimum absolute atomic E-state index is 0.0749. The molecule has 0 saturated heterocycles. The van der Waals surface area contributed by atoms with Gasteiger partial charge in [-0.15, -0.1) is 0 Å². The predicted octanol–water partition coefficient (Wildman–Crippen LogP) is 3.62. The Morgan fingerprint density at radius 1 is 1.14 bits per heavy atom. The normalized spacial score (nSPS) is 15.2. The Balaban J connectivity index is 1.93. The maximum atomic E-state index is 11.9. The van der Waals surface area contributed by atoms with E-state index in [0.717, 1.165) is 16.8 Å². The van der Waals surface area contributed by atoms with Crippen molar-refractivity contribution in [2.45, 2.75) is 51.9 Å². The first kappa shape index (κ1) is 20.9. The number of rotatable bonds is 7.